The van der Waals surface area contributed by atoms with E-state index in [4.69, 9.17) is 9.47 Å². The van der Waals surface area contributed by atoms with Gasteiger partial charge in [0.1, 0.15) is 17.6 Å². The molecule has 0 saturated carbocycles. The highest BCUT2D eigenvalue weighted by Crippen LogP contribution is 2.38. The Kier molecular flexibility index (Phi) is 5.79. The summed E-state index contributed by atoms with van der Waals surface area (Å²) in [5, 5.41) is -0.0906. The average Bonchev–Trinajstić information content (AvgIpc) is 3.22. The van der Waals surface area contributed by atoms with Gasteiger partial charge in [-0.05, 0) is 69.1 Å². The number of fused-ring (bicyclic) bond motifs is 1. The SMILES string of the molecule is C[C@H]1[C@H](c2ccc(OCCCN3CCCC3)cc2)Oc2ccccc2S1=O. The molecule has 0 aliphatic carbocycles. The van der Waals surface area contributed by atoms with E-state index in [0.29, 0.717) is 0 Å². The summed E-state index contributed by atoms with van der Waals surface area (Å²) in [5.41, 5.74) is 1.04. The zero-order valence-corrected chi connectivity index (χ0v) is 16.6. The number of ether oxygens (including phenoxy) is 2. The number of hydrogen-bond acceptors (Lipinski definition) is 4. The molecule has 2 aliphatic heterocycles. The largest absolute Gasteiger partial charge is 0.494 e. The van der Waals surface area contributed by atoms with Gasteiger partial charge in [-0.1, -0.05) is 24.3 Å². The van der Waals surface area contributed by atoms with Crippen LogP contribution in [0, 0.1) is 0 Å². The average molecular weight is 386 g/mol. The Morgan fingerprint density at radius 3 is 2.63 bits per heavy atom. The van der Waals surface area contributed by atoms with Gasteiger partial charge in [0.15, 0.2) is 0 Å². The Morgan fingerprint density at radius 2 is 1.85 bits per heavy atom. The maximum absolute atomic E-state index is 12.8. The first kappa shape index (κ1) is 18.5. The summed E-state index contributed by atoms with van der Waals surface area (Å²) in [4.78, 5) is 3.30. The van der Waals surface area contributed by atoms with Gasteiger partial charge in [-0.15, -0.1) is 0 Å². The highest BCUT2D eigenvalue weighted by Gasteiger charge is 2.33. The standard InChI is InChI=1S/C22H27NO3S/c1-17-22(26-20-7-2-3-8-21(20)27(17)24)18-9-11-19(12-10-18)25-16-6-15-23-13-4-5-14-23/h2-3,7-12,17,22H,4-6,13-16H2,1H3/t17-,22+,27?/m0/s1. The molecule has 0 radical (unpaired) electrons. The molecule has 1 unspecified atom stereocenters. The van der Waals surface area contributed by atoms with Crippen molar-refractivity contribution in [3.05, 3.63) is 54.1 Å². The van der Waals surface area contributed by atoms with E-state index < -0.39 is 10.8 Å². The van der Waals surface area contributed by atoms with Gasteiger partial charge < -0.3 is 14.4 Å². The van der Waals surface area contributed by atoms with Crippen molar-refractivity contribution in [2.45, 2.75) is 42.4 Å². The second kappa shape index (κ2) is 8.44. The van der Waals surface area contributed by atoms with Crippen LogP contribution in [0.1, 0.15) is 37.9 Å². The van der Waals surface area contributed by atoms with Gasteiger partial charge in [-0.3, -0.25) is 4.21 Å². The van der Waals surface area contributed by atoms with Crippen molar-refractivity contribution in [3.63, 3.8) is 0 Å². The first-order chi connectivity index (χ1) is 13.2. The van der Waals surface area contributed by atoms with Crippen molar-refractivity contribution in [1.29, 1.82) is 0 Å². The number of hydrogen-bond donors (Lipinski definition) is 0. The quantitative estimate of drug-likeness (QED) is 0.699. The third-order valence-electron chi connectivity index (χ3n) is 5.38. The molecule has 3 atom stereocenters. The zero-order chi connectivity index (χ0) is 18.6. The minimum absolute atomic E-state index is 0.0906. The molecule has 4 nitrogen and oxygen atoms in total. The molecule has 0 N–H and O–H groups in total. The Morgan fingerprint density at radius 1 is 1.11 bits per heavy atom. The Hall–Kier alpha value is -1.85. The van der Waals surface area contributed by atoms with E-state index in [1.54, 1.807) is 0 Å². The van der Waals surface area contributed by atoms with Gasteiger partial charge in [-0.2, -0.15) is 0 Å². The number of para-hydroxylation sites is 1. The summed E-state index contributed by atoms with van der Waals surface area (Å²) in [6, 6.07) is 15.6. The summed E-state index contributed by atoms with van der Waals surface area (Å²) in [6.45, 7) is 6.32. The van der Waals surface area contributed by atoms with E-state index >= 15 is 0 Å². The molecule has 0 bridgehead atoms. The fraction of sp³-hybridized carbons (Fsp3) is 0.455. The van der Waals surface area contributed by atoms with Gasteiger partial charge in [-0.25, -0.2) is 0 Å². The molecule has 2 heterocycles. The fourth-order valence-corrected chi connectivity index (χ4v) is 5.20. The summed E-state index contributed by atoms with van der Waals surface area (Å²) >= 11 is 0. The summed E-state index contributed by atoms with van der Waals surface area (Å²) in [6.07, 6.45) is 3.52. The van der Waals surface area contributed by atoms with Crippen LogP contribution in [-0.2, 0) is 10.8 Å². The normalized spacial score (nSPS) is 25.0. The van der Waals surface area contributed by atoms with Crippen LogP contribution < -0.4 is 9.47 Å². The molecule has 0 spiro atoms. The van der Waals surface area contributed by atoms with Crippen LogP contribution in [0.2, 0.25) is 0 Å². The maximum atomic E-state index is 12.8. The molecule has 1 saturated heterocycles. The van der Waals surface area contributed by atoms with E-state index in [1.807, 2.05) is 55.5 Å². The first-order valence-electron chi connectivity index (χ1n) is 9.84. The first-order valence-corrected chi connectivity index (χ1v) is 11.0. The van der Waals surface area contributed by atoms with Crippen LogP contribution in [0.3, 0.4) is 0 Å². The van der Waals surface area contributed by atoms with Crippen LogP contribution >= 0.6 is 0 Å². The van der Waals surface area contributed by atoms with Crippen LogP contribution in [0.25, 0.3) is 0 Å². The molecule has 0 amide bonds. The minimum atomic E-state index is -1.06. The van der Waals surface area contributed by atoms with Gasteiger partial charge >= 0.3 is 0 Å². The Balaban J connectivity index is 1.35. The van der Waals surface area contributed by atoms with Crippen molar-refractivity contribution < 1.29 is 13.7 Å². The van der Waals surface area contributed by atoms with E-state index in [2.05, 4.69) is 4.90 Å². The minimum Gasteiger partial charge on any atom is -0.494 e. The smallest absolute Gasteiger partial charge is 0.138 e. The molecule has 144 valence electrons. The van der Waals surface area contributed by atoms with Crippen LogP contribution in [0.5, 0.6) is 11.5 Å². The summed E-state index contributed by atoms with van der Waals surface area (Å²) in [5.74, 6) is 1.60. The van der Waals surface area contributed by atoms with Crippen molar-refractivity contribution >= 4 is 10.8 Å². The van der Waals surface area contributed by atoms with Crippen LogP contribution in [0.15, 0.2) is 53.4 Å². The lowest BCUT2D eigenvalue weighted by Gasteiger charge is -2.31. The molecular weight excluding hydrogens is 358 g/mol. The lowest BCUT2D eigenvalue weighted by molar-refractivity contribution is 0.192. The summed E-state index contributed by atoms with van der Waals surface area (Å²) < 4.78 is 24.8. The molecule has 1 fully saturated rings. The molecule has 2 aliphatic rings. The second-order valence-corrected chi connectivity index (χ2v) is 9.09. The second-order valence-electron chi connectivity index (χ2n) is 7.31. The predicted octanol–water partition coefficient (Wildman–Crippen LogP) is 4.18. The Labute approximate surface area is 163 Å². The van der Waals surface area contributed by atoms with Crippen LogP contribution in [0.4, 0.5) is 0 Å². The molecular formula is C22H27NO3S. The van der Waals surface area contributed by atoms with E-state index in [0.717, 1.165) is 41.5 Å². The maximum Gasteiger partial charge on any atom is 0.138 e. The van der Waals surface area contributed by atoms with Gasteiger partial charge in [0.25, 0.3) is 0 Å². The number of likely N-dealkylation sites (tertiary alicyclic amines) is 1. The summed E-state index contributed by atoms with van der Waals surface area (Å²) in [7, 11) is -1.06. The number of rotatable bonds is 6. The predicted molar refractivity (Wildman–Crippen MR) is 108 cm³/mol. The van der Waals surface area contributed by atoms with Gasteiger partial charge in [0, 0.05) is 6.54 Å². The van der Waals surface area contributed by atoms with Crippen molar-refractivity contribution in [3.8, 4) is 11.5 Å². The lowest BCUT2D eigenvalue weighted by Crippen LogP contribution is -2.30. The number of nitrogens with zero attached hydrogens (tertiary/aromatic N) is 1. The molecule has 27 heavy (non-hydrogen) atoms. The third-order valence-corrected chi connectivity index (χ3v) is 7.07. The fourth-order valence-electron chi connectivity index (χ4n) is 3.84. The molecule has 2 aromatic rings. The molecule has 0 aromatic heterocycles. The van der Waals surface area contributed by atoms with Crippen LogP contribution in [-0.4, -0.2) is 40.6 Å². The number of benzene rings is 2. The van der Waals surface area contributed by atoms with Gasteiger partial charge in [0.2, 0.25) is 0 Å². The van der Waals surface area contributed by atoms with E-state index in [-0.39, 0.29) is 11.4 Å². The van der Waals surface area contributed by atoms with Crippen molar-refractivity contribution in [2.24, 2.45) is 0 Å². The lowest BCUT2D eigenvalue weighted by atomic mass is 10.1. The third kappa shape index (κ3) is 4.19. The molecule has 2 aromatic carbocycles. The highest BCUT2D eigenvalue weighted by molar-refractivity contribution is 7.85. The van der Waals surface area contributed by atoms with Crippen molar-refractivity contribution in [1.82, 2.24) is 4.90 Å². The monoisotopic (exact) mass is 385 g/mol. The molecule has 4 rings (SSSR count). The van der Waals surface area contributed by atoms with E-state index in [1.165, 1.54) is 25.9 Å². The Bertz CT molecular complexity index is 786. The van der Waals surface area contributed by atoms with Crippen molar-refractivity contribution in [2.75, 3.05) is 26.2 Å². The zero-order valence-electron chi connectivity index (χ0n) is 15.8. The van der Waals surface area contributed by atoms with E-state index in [9.17, 15) is 4.21 Å². The topological polar surface area (TPSA) is 38.8 Å². The van der Waals surface area contributed by atoms with Gasteiger partial charge in [0.05, 0.1) is 27.6 Å². The molecule has 5 heteroatoms. The highest BCUT2D eigenvalue weighted by atomic mass is 32.2.